The molecular weight excluding hydrogens is 151 g/mol. The lowest BCUT2D eigenvalue weighted by molar-refractivity contribution is -0.128. The number of amides is 1. The van der Waals surface area contributed by atoms with Gasteiger partial charge in [-0.2, -0.15) is 4.39 Å². The van der Waals surface area contributed by atoms with Crippen LogP contribution in [0.5, 0.6) is 0 Å². The third kappa shape index (κ3) is 27.5. The van der Waals surface area contributed by atoms with Gasteiger partial charge in [0.2, 0.25) is 5.91 Å². The molecule has 0 heterocycles. The first kappa shape index (κ1) is 12.7. The van der Waals surface area contributed by atoms with Crippen molar-refractivity contribution in [3.8, 4) is 0 Å². The number of nitrogens with two attached hydrogens (primary N) is 1. The number of likely N-dealkylation sites (N-methyl/N-ethyl adjacent to an activating group) is 1. The van der Waals surface area contributed by atoms with Crippen molar-refractivity contribution in [2.75, 3.05) is 13.6 Å². The predicted octanol–water partition coefficient (Wildman–Crippen LogP) is -0.416. The topological polar surface area (TPSA) is 72.2 Å². The Balaban J connectivity index is 0. The summed E-state index contributed by atoms with van der Waals surface area (Å²) >= 11 is 0. The minimum Gasteiger partial charge on any atom is -0.370 e. The van der Waals surface area contributed by atoms with E-state index in [1.807, 2.05) is 0 Å². The standard InChI is InChI=1S/C3H6FNO.C3H7NO/c1-5-2-3(4)6;1-2-3(4)5/h5H,2H2,1H3;2H2,1H3,(H2,4,5). The van der Waals surface area contributed by atoms with E-state index >= 15 is 0 Å². The maximum absolute atomic E-state index is 11.0. The number of hydrogen-bond donors (Lipinski definition) is 2. The van der Waals surface area contributed by atoms with Crippen LogP contribution < -0.4 is 11.1 Å². The second-order valence-corrected chi connectivity index (χ2v) is 1.71. The lowest BCUT2D eigenvalue weighted by Crippen LogP contribution is -2.13. The Bertz CT molecular complexity index is 128. The average Bonchev–Trinajstić information content (AvgIpc) is 1.89. The minimum atomic E-state index is -1.32. The number of primary amides is 1. The first-order chi connectivity index (χ1) is 5.04. The first-order valence-electron chi connectivity index (χ1n) is 3.15. The summed E-state index contributed by atoms with van der Waals surface area (Å²) in [6.45, 7) is 1.54. The number of halogens is 1. The van der Waals surface area contributed by atoms with Crippen molar-refractivity contribution in [2.24, 2.45) is 5.73 Å². The maximum atomic E-state index is 11.0. The van der Waals surface area contributed by atoms with E-state index in [2.05, 4.69) is 11.1 Å². The zero-order valence-corrected chi connectivity index (χ0v) is 6.69. The largest absolute Gasteiger partial charge is 0.370 e. The van der Waals surface area contributed by atoms with Crippen molar-refractivity contribution in [3.05, 3.63) is 0 Å². The van der Waals surface area contributed by atoms with Crippen LogP contribution in [-0.4, -0.2) is 25.5 Å². The van der Waals surface area contributed by atoms with E-state index in [1.165, 1.54) is 7.05 Å². The summed E-state index contributed by atoms with van der Waals surface area (Å²) < 4.78 is 11.0. The summed E-state index contributed by atoms with van der Waals surface area (Å²) in [4.78, 5) is 18.9. The van der Waals surface area contributed by atoms with Gasteiger partial charge in [0.1, 0.15) is 0 Å². The predicted molar refractivity (Wildman–Crippen MR) is 39.5 cm³/mol. The normalized spacial score (nSPS) is 7.91. The van der Waals surface area contributed by atoms with Crippen LogP contribution in [-0.2, 0) is 9.59 Å². The third-order valence-electron chi connectivity index (χ3n) is 0.664. The van der Waals surface area contributed by atoms with Crippen molar-refractivity contribution in [1.29, 1.82) is 0 Å². The highest BCUT2D eigenvalue weighted by Crippen LogP contribution is 1.63. The summed E-state index contributed by atoms with van der Waals surface area (Å²) in [6.07, 6.45) is 0.444. The van der Waals surface area contributed by atoms with E-state index in [1.54, 1.807) is 6.92 Å². The molecule has 0 bridgehead atoms. The SMILES string of the molecule is CCC(N)=O.CNCC(=O)F. The third-order valence-corrected chi connectivity index (χ3v) is 0.664. The monoisotopic (exact) mass is 164 g/mol. The molecule has 0 rings (SSSR count). The van der Waals surface area contributed by atoms with E-state index in [-0.39, 0.29) is 12.5 Å². The van der Waals surface area contributed by atoms with E-state index in [9.17, 15) is 14.0 Å². The molecule has 5 heteroatoms. The van der Waals surface area contributed by atoms with Crippen molar-refractivity contribution in [2.45, 2.75) is 13.3 Å². The molecule has 0 saturated heterocycles. The Morgan fingerprint density at radius 1 is 1.55 bits per heavy atom. The fraction of sp³-hybridized carbons (Fsp3) is 0.667. The van der Waals surface area contributed by atoms with Gasteiger partial charge in [-0.05, 0) is 7.05 Å². The molecule has 0 aliphatic carbocycles. The molecule has 3 N–H and O–H groups in total. The number of carbonyl (C=O) groups is 2. The Morgan fingerprint density at radius 3 is 1.91 bits per heavy atom. The van der Waals surface area contributed by atoms with Gasteiger partial charge in [-0.25, -0.2) is 0 Å². The van der Waals surface area contributed by atoms with Crippen molar-refractivity contribution < 1.29 is 14.0 Å². The molecule has 0 spiro atoms. The molecule has 0 aromatic heterocycles. The minimum absolute atomic E-state index is 0.181. The Labute approximate surface area is 64.9 Å². The summed E-state index contributed by atoms with van der Waals surface area (Å²) in [7, 11) is 1.51. The van der Waals surface area contributed by atoms with Gasteiger partial charge in [-0.1, -0.05) is 6.92 Å². The van der Waals surface area contributed by atoms with E-state index in [0.717, 1.165) is 0 Å². The van der Waals surface area contributed by atoms with Crippen LogP contribution in [0.3, 0.4) is 0 Å². The molecule has 0 atom stereocenters. The van der Waals surface area contributed by atoms with E-state index < -0.39 is 6.04 Å². The fourth-order valence-electron chi connectivity index (χ4n) is 0.139. The fourth-order valence-corrected chi connectivity index (χ4v) is 0.139. The van der Waals surface area contributed by atoms with Gasteiger partial charge in [0.05, 0.1) is 6.54 Å². The summed E-state index contributed by atoms with van der Waals surface area (Å²) in [5.74, 6) is -0.245. The summed E-state index contributed by atoms with van der Waals surface area (Å²) in [5, 5.41) is 2.34. The molecule has 0 fully saturated rings. The molecule has 0 radical (unpaired) electrons. The van der Waals surface area contributed by atoms with Gasteiger partial charge in [-0.3, -0.25) is 9.59 Å². The van der Waals surface area contributed by atoms with Crippen LogP contribution in [0.1, 0.15) is 13.3 Å². The molecule has 0 aliphatic heterocycles. The smallest absolute Gasteiger partial charge is 0.315 e. The molecule has 1 amide bonds. The second-order valence-electron chi connectivity index (χ2n) is 1.71. The second kappa shape index (κ2) is 9.03. The molecule has 0 aromatic rings. The molecule has 0 unspecified atom stereocenters. The highest BCUT2D eigenvalue weighted by molar-refractivity contribution is 5.73. The van der Waals surface area contributed by atoms with Crippen molar-refractivity contribution in [3.63, 3.8) is 0 Å². The van der Waals surface area contributed by atoms with Crippen LogP contribution >= 0.6 is 0 Å². The Hall–Kier alpha value is -0.970. The van der Waals surface area contributed by atoms with Gasteiger partial charge >= 0.3 is 6.04 Å². The number of nitrogens with one attached hydrogen (secondary N) is 1. The molecule has 0 aromatic carbocycles. The van der Waals surface area contributed by atoms with E-state index in [0.29, 0.717) is 6.42 Å². The maximum Gasteiger partial charge on any atom is 0.315 e. The molecule has 0 saturated carbocycles. The number of rotatable bonds is 3. The van der Waals surface area contributed by atoms with Crippen molar-refractivity contribution >= 4 is 11.9 Å². The van der Waals surface area contributed by atoms with E-state index in [4.69, 9.17) is 0 Å². The Kier molecular flexibility index (Phi) is 10.4. The summed E-state index contributed by atoms with van der Waals surface area (Å²) in [5.41, 5.74) is 4.65. The van der Waals surface area contributed by atoms with Crippen LogP contribution in [0, 0.1) is 0 Å². The highest BCUT2D eigenvalue weighted by atomic mass is 19.1. The lowest BCUT2D eigenvalue weighted by Gasteiger charge is -1.81. The zero-order valence-electron chi connectivity index (χ0n) is 6.69. The number of hydrogen-bond acceptors (Lipinski definition) is 3. The first-order valence-corrected chi connectivity index (χ1v) is 3.15. The zero-order chi connectivity index (χ0) is 9.28. The highest BCUT2D eigenvalue weighted by Gasteiger charge is 1.88. The van der Waals surface area contributed by atoms with Gasteiger partial charge in [0, 0.05) is 6.42 Å². The summed E-state index contributed by atoms with van der Waals surface area (Å²) in [6, 6.07) is -1.32. The Morgan fingerprint density at radius 2 is 1.91 bits per heavy atom. The lowest BCUT2D eigenvalue weighted by atomic mass is 10.5. The van der Waals surface area contributed by atoms with Crippen LogP contribution in [0.4, 0.5) is 4.39 Å². The van der Waals surface area contributed by atoms with Gasteiger partial charge in [-0.15, -0.1) is 0 Å². The molecular formula is C6H13FN2O2. The van der Waals surface area contributed by atoms with Crippen LogP contribution in [0.2, 0.25) is 0 Å². The molecule has 66 valence electrons. The molecule has 11 heavy (non-hydrogen) atoms. The van der Waals surface area contributed by atoms with Gasteiger partial charge in [0.25, 0.3) is 0 Å². The average molecular weight is 164 g/mol. The van der Waals surface area contributed by atoms with Gasteiger partial charge in [0.15, 0.2) is 0 Å². The quantitative estimate of drug-likeness (QED) is 0.556. The van der Waals surface area contributed by atoms with Crippen molar-refractivity contribution in [1.82, 2.24) is 5.32 Å². The molecule has 4 nitrogen and oxygen atoms in total. The van der Waals surface area contributed by atoms with Gasteiger partial charge < -0.3 is 11.1 Å². The molecule has 0 aliphatic rings. The number of carbonyl (C=O) groups excluding carboxylic acids is 2. The van der Waals surface area contributed by atoms with Crippen LogP contribution in [0.15, 0.2) is 0 Å². The van der Waals surface area contributed by atoms with Crippen LogP contribution in [0.25, 0.3) is 0 Å².